The molecule has 29 heavy (non-hydrogen) atoms. The maximum absolute atomic E-state index is 12.5. The molecule has 5 nitrogen and oxygen atoms in total. The monoisotopic (exact) mass is 447 g/mol. The van der Waals surface area contributed by atoms with Gasteiger partial charge in [-0.25, -0.2) is 17.8 Å². The van der Waals surface area contributed by atoms with E-state index in [1.165, 1.54) is 11.3 Å². The molecule has 0 spiro atoms. The lowest BCUT2D eigenvalue weighted by Gasteiger charge is -2.14. The number of halogens is 1. The maximum Gasteiger partial charge on any atom is 0.250 e. The number of hydrogen-bond donors (Lipinski definition) is 1. The Labute approximate surface area is 180 Å². The number of thiophene rings is 1. The number of allylic oxidation sites excluding steroid dienone is 1. The van der Waals surface area contributed by atoms with E-state index in [-0.39, 0.29) is 12.0 Å². The maximum atomic E-state index is 12.5. The number of sulfonamides is 1. The van der Waals surface area contributed by atoms with Crippen molar-refractivity contribution in [3.8, 4) is 5.69 Å². The Kier molecular flexibility index (Phi) is 5.42. The lowest BCUT2D eigenvalue weighted by atomic mass is 9.96. The summed E-state index contributed by atoms with van der Waals surface area (Å²) in [5.41, 5.74) is 5.06. The Hall–Kier alpha value is -1.93. The van der Waals surface area contributed by atoms with Crippen LogP contribution in [0.4, 0.5) is 0 Å². The molecule has 0 fully saturated rings. The molecule has 0 unspecified atom stereocenters. The van der Waals surface area contributed by atoms with Gasteiger partial charge in [-0.1, -0.05) is 35.9 Å². The summed E-state index contributed by atoms with van der Waals surface area (Å²) in [6.45, 7) is 6.01. The highest BCUT2D eigenvalue weighted by atomic mass is 35.5. The van der Waals surface area contributed by atoms with Crippen LogP contribution in [-0.2, 0) is 10.0 Å². The van der Waals surface area contributed by atoms with E-state index < -0.39 is 10.0 Å². The van der Waals surface area contributed by atoms with Crippen LogP contribution in [0.5, 0.6) is 0 Å². The molecule has 0 saturated carbocycles. The summed E-state index contributed by atoms with van der Waals surface area (Å²) in [7, 11) is -3.49. The topological polar surface area (TPSA) is 64.0 Å². The minimum Gasteiger partial charge on any atom is -0.237 e. The van der Waals surface area contributed by atoms with E-state index in [9.17, 15) is 8.42 Å². The van der Waals surface area contributed by atoms with Crippen LogP contribution in [-0.4, -0.2) is 24.2 Å². The highest BCUT2D eigenvalue weighted by Gasteiger charge is 2.29. The largest absolute Gasteiger partial charge is 0.250 e. The molecule has 0 bridgehead atoms. The van der Waals surface area contributed by atoms with E-state index in [1.54, 1.807) is 17.5 Å². The van der Waals surface area contributed by atoms with Crippen LogP contribution in [0.25, 0.3) is 5.69 Å². The number of rotatable bonds is 5. The van der Waals surface area contributed by atoms with Gasteiger partial charge in [-0.15, -0.1) is 11.3 Å². The standard InChI is InChI=1S/C21H22ClN3O2S2/c1-13-6-9-18(12-19(13)22)25-15(3)21(14(2)23-25)16-7-8-17(11-16)24-29(26,27)20-5-4-10-28-20/h4-10,12,16-17,24H,11H2,1-3H3/t16-,17-/m1/s1. The van der Waals surface area contributed by atoms with Gasteiger partial charge >= 0.3 is 0 Å². The predicted octanol–water partition coefficient (Wildman–Crippen LogP) is 4.90. The van der Waals surface area contributed by atoms with Gasteiger partial charge < -0.3 is 0 Å². The molecule has 1 aliphatic rings. The zero-order valence-electron chi connectivity index (χ0n) is 16.4. The molecule has 1 aromatic carbocycles. The Morgan fingerprint density at radius 3 is 2.69 bits per heavy atom. The lowest BCUT2D eigenvalue weighted by Crippen LogP contribution is -2.32. The zero-order chi connectivity index (χ0) is 20.8. The highest BCUT2D eigenvalue weighted by molar-refractivity contribution is 7.91. The molecule has 0 amide bonds. The second-order valence-electron chi connectivity index (χ2n) is 7.32. The van der Waals surface area contributed by atoms with Crippen molar-refractivity contribution in [2.24, 2.45) is 0 Å². The Balaban J connectivity index is 1.57. The normalized spacial score (nSPS) is 19.2. The summed E-state index contributed by atoms with van der Waals surface area (Å²) in [5.74, 6) is 0.112. The Morgan fingerprint density at radius 1 is 1.21 bits per heavy atom. The van der Waals surface area contributed by atoms with E-state index in [0.29, 0.717) is 15.7 Å². The smallest absolute Gasteiger partial charge is 0.237 e. The van der Waals surface area contributed by atoms with Crippen molar-refractivity contribution >= 4 is 33.0 Å². The number of aryl methyl sites for hydroxylation is 2. The molecule has 4 rings (SSSR count). The first kappa shape index (κ1) is 20.3. The number of benzene rings is 1. The molecule has 0 aliphatic heterocycles. The molecule has 0 radical (unpaired) electrons. The van der Waals surface area contributed by atoms with Crippen LogP contribution in [0.3, 0.4) is 0 Å². The molecule has 3 aromatic rings. The summed E-state index contributed by atoms with van der Waals surface area (Å²) in [6, 6.07) is 9.04. The van der Waals surface area contributed by atoms with Gasteiger partial charge in [-0.2, -0.15) is 5.10 Å². The van der Waals surface area contributed by atoms with Crippen molar-refractivity contribution in [3.05, 3.63) is 75.4 Å². The molecule has 2 heterocycles. The van der Waals surface area contributed by atoms with E-state index in [2.05, 4.69) is 10.8 Å². The fraction of sp³-hybridized carbons (Fsp3) is 0.286. The molecular formula is C21H22ClN3O2S2. The molecular weight excluding hydrogens is 426 g/mol. The lowest BCUT2D eigenvalue weighted by molar-refractivity contribution is 0.565. The molecule has 1 N–H and O–H groups in total. The second kappa shape index (κ2) is 7.72. The van der Waals surface area contributed by atoms with Gasteiger partial charge in [0.1, 0.15) is 4.21 Å². The van der Waals surface area contributed by atoms with Crippen LogP contribution >= 0.6 is 22.9 Å². The van der Waals surface area contributed by atoms with Gasteiger partial charge in [0.05, 0.1) is 11.4 Å². The quantitative estimate of drug-likeness (QED) is 0.565. The first-order valence-corrected chi connectivity index (χ1v) is 12.1. The van der Waals surface area contributed by atoms with E-state index in [4.69, 9.17) is 16.7 Å². The van der Waals surface area contributed by atoms with Gasteiger partial charge in [0.2, 0.25) is 0 Å². The average molecular weight is 448 g/mol. The average Bonchev–Trinajstić information content (AvgIpc) is 3.39. The third-order valence-electron chi connectivity index (χ3n) is 5.27. The summed E-state index contributed by atoms with van der Waals surface area (Å²) in [5, 5.41) is 7.20. The minimum absolute atomic E-state index is 0.112. The molecule has 1 aliphatic carbocycles. The van der Waals surface area contributed by atoms with Gasteiger partial charge in [0.25, 0.3) is 10.0 Å². The van der Waals surface area contributed by atoms with Crippen LogP contribution in [0.1, 0.15) is 34.9 Å². The van der Waals surface area contributed by atoms with E-state index in [1.807, 2.05) is 49.7 Å². The second-order valence-corrected chi connectivity index (χ2v) is 10.6. The summed E-state index contributed by atoms with van der Waals surface area (Å²) >= 11 is 7.52. The predicted molar refractivity (Wildman–Crippen MR) is 118 cm³/mol. The van der Waals surface area contributed by atoms with Gasteiger partial charge in [-0.3, -0.25) is 0 Å². The third kappa shape index (κ3) is 3.92. The van der Waals surface area contributed by atoms with Crippen LogP contribution in [0.2, 0.25) is 5.02 Å². The molecule has 152 valence electrons. The molecule has 0 saturated heterocycles. The summed E-state index contributed by atoms with van der Waals surface area (Å²) in [6.07, 6.45) is 4.69. The highest BCUT2D eigenvalue weighted by Crippen LogP contribution is 2.35. The number of aromatic nitrogens is 2. The van der Waals surface area contributed by atoms with Crippen molar-refractivity contribution in [2.75, 3.05) is 0 Å². The van der Waals surface area contributed by atoms with Crippen molar-refractivity contribution < 1.29 is 8.42 Å². The Bertz CT molecular complexity index is 1180. The summed E-state index contributed by atoms with van der Waals surface area (Å²) in [4.78, 5) is 0. The van der Waals surface area contributed by atoms with Crippen LogP contribution in [0, 0.1) is 20.8 Å². The van der Waals surface area contributed by atoms with Crippen molar-refractivity contribution in [2.45, 2.75) is 43.4 Å². The molecule has 8 heteroatoms. The van der Waals surface area contributed by atoms with Crippen molar-refractivity contribution in [1.82, 2.24) is 14.5 Å². The number of nitrogens with one attached hydrogen (secondary N) is 1. The van der Waals surface area contributed by atoms with Crippen LogP contribution in [0.15, 0.2) is 52.1 Å². The van der Waals surface area contributed by atoms with E-state index >= 15 is 0 Å². The fourth-order valence-electron chi connectivity index (χ4n) is 3.83. The first-order valence-electron chi connectivity index (χ1n) is 9.33. The fourth-order valence-corrected chi connectivity index (χ4v) is 6.22. The number of nitrogens with zero attached hydrogens (tertiary/aromatic N) is 2. The Morgan fingerprint density at radius 2 is 2.00 bits per heavy atom. The molecule has 2 atom stereocenters. The van der Waals surface area contributed by atoms with Gasteiger partial charge in [0, 0.05) is 28.2 Å². The number of hydrogen-bond acceptors (Lipinski definition) is 4. The van der Waals surface area contributed by atoms with E-state index in [0.717, 1.165) is 28.2 Å². The minimum atomic E-state index is -3.49. The van der Waals surface area contributed by atoms with Crippen molar-refractivity contribution in [3.63, 3.8) is 0 Å². The zero-order valence-corrected chi connectivity index (χ0v) is 18.8. The van der Waals surface area contributed by atoms with Gasteiger partial charge in [0.15, 0.2) is 0 Å². The molecule has 2 aromatic heterocycles. The van der Waals surface area contributed by atoms with Gasteiger partial charge in [-0.05, 0) is 56.3 Å². The van der Waals surface area contributed by atoms with Crippen molar-refractivity contribution in [1.29, 1.82) is 0 Å². The first-order chi connectivity index (χ1) is 13.8. The SMILES string of the molecule is Cc1ccc(-n2nc(C)c([C@@H]3C=C[C@@H](NS(=O)(=O)c4cccs4)C3)c2C)cc1Cl. The third-order valence-corrected chi connectivity index (χ3v) is 8.56. The summed E-state index contributed by atoms with van der Waals surface area (Å²) < 4.78 is 30.1. The van der Waals surface area contributed by atoms with Crippen LogP contribution < -0.4 is 4.72 Å².